The highest BCUT2D eigenvalue weighted by atomic mass is 16.5. The Kier molecular flexibility index (Phi) is 2.90. The van der Waals surface area contributed by atoms with Crippen molar-refractivity contribution in [2.75, 3.05) is 13.7 Å². The molecule has 2 N–H and O–H groups in total. The molecule has 0 atom stereocenters. The number of ether oxygens (including phenoxy) is 1. The molecule has 0 radical (unpaired) electrons. The third kappa shape index (κ3) is 1.77. The molecule has 1 aromatic rings. The molecule has 0 bridgehead atoms. The first-order chi connectivity index (χ1) is 8.75. The lowest BCUT2D eigenvalue weighted by Crippen LogP contribution is -2.32. The largest absolute Gasteiger partial charge is 0.370 e. The minimum Gasteiger partial charge on any atom is -0.370 e. The van der Waals surface area contributed by atoms with Crippen molar-refractivity contribution in [3.63, 3.8) is 0 Å². The van der Waals surface area contributed by atoms with E-state index in [0.29, 0.717) is 12.4 Å². The van der Waals surface area contributed by atoms with Crippen molar-refractivity contribution < 1.29 is 9.26 Å². The Hall–Kier alpha value is -0.940. The van der Waals surface area contributed by atoms with Crippen LogP contribution in [-0.2, 0) is 15.8 Å². The minimum absolute atomic E-state index is 0.0329. The molecule has 3 rings (SSSR count). The van der Waals surface area contributed by atoms with E-state index < -0.39 is 0 Å². The second kappa shape index (κ2) is 4.31. The summed E-state index contributed by atoms with van der Waals surface area (Å²) >= 11 is 0. The molecule has 0 aliphatic heterocycles. The van der Waals surface area contributed by atoms with Gasteiger partial charge < -0.3 is 15.0 Å². The van der Waals surface area contributed by atoms with E-state index in [2.05, 4.69) is 10.1 Å². The first kappa shape index (κ1) is 12.1. The van der Waals surface area contributed by atoms with Gasteiger partial charge in [-0.1, -0.05) is 24.4 Å². The van der Waals surface area contributed by atoms with Crippen molar-refractivity contribution in [3.8, 4) is 0 Å². The van der Waals surface area contributed by atoms with Crippen molar-refractivity contribution in [2.24, 2.45) is 5.73 Å². The summed E-state index contributed by atoms with van der Waals surface area (Å²) in [6.07, 6.45) is 7.69. The van der Waals surface area contributed by atoms with Crippen LogP contribution in [0.1, 0.15) is 56.7 Å². The van der Waals surface area contributed by atoms with E-state index in [1.807, 2.05) is 0 Å². The van der Waals surface area contributed by atoms with Gasteiger partial charge in [-0.15, -0.1) is 0 Å². The molecule has 1 heterocycles. The van der Waals surface area contributed by atoms with Crippen LogP contribution in [0.15, 0.2) is 4.52 Å². The molecule has 2 saturated carbocycles. The average Bonchev–Trinajstić information content (AvgIpc) is 3.08. The second-order valence-electron chi connectivity index (χ2n) is 5.67. The molecule has 0 saturated heterocycles. The normalized spacial score (nSPS) is 25.0. The van der Waals surface area contributed by atoms with Crippen molar-refractivity contribution in [1.29, 1.82) is 0 Å². The fraction of sp³-hybridized carbons (Fsp3) is 0.846. The molecule has 18 heavy (non-hydrogen) atoms. The number of hydrogen-bond acceptors (Lipinski definition) is 5. The zero-order valence-electron chi connectivity index (χ0n) is 10.9. The Balaban J connectivity index is 1.87. The van der Waals surface area contributed by atoms with Crippen molar-refractivity contribution >= 4 is 0 Å². The third-order valence-electron chi connectivity index (χ3n) is 4.58. The van der Waals surface area contributed by atoms with Crippen LogP contribution in [0.4, 0.5) is 0 Å². The molecule has 0 spiro atoms. The predicted molar refractivity (Wildman–Crippen MR) is 66.0 cm³/mol. The average molecular weight is 251 g/mol. The lowest BCUT2D eigenvalue weighted by molar-refractivity contribution is -0.0527. The van der Waals surface area contributed by atoms with Gasteiger partial charge in [0.25, 0.3) is 0 Å². The number of aromatic nitrogens is 2. The molecule has 5 heteroatoms. The van der Waals surface area contributed by atoms with Gasteiger partial charge in [0.05, 0.1) is 5.41 Å². The Labute approximate surface area is 107 Å². The smallest absolute Gasteiger partial charge is 0.234 e. The Morgan fingerprint density at radius 1 is 1.22 bits per heavy atom. The maximum Gasteiger partial charge on any atom is 0.234 e. The van der Waals surface area contributed by atoms with E-state index in [1.165, 1.54) is 19.3 Å². The maximum absolute atomic E-state index is 5.79. The summed E-state index contributed by atoms with van der Waals surface area (Å²) in [6.45, 7) is 0.592. The Morgan fingerprint density at radius 2 is 1.94 bits per heavy atom. The van der Waals surface area contributed by atoms with Crippen LogP contribution in [0.3, 0.4) is 0 Å². The molecule has 1 aromatic heterocycles. The van der Waals surface area contributed by atoms with Gasteiger partial charge in [0.2, 0.25) is 11.7 Å². The highest BCUT2D eigenvalue weighted by Crippen LogP contribution is 2.47. The molecule has 2 aliphatic rings. The van der Waals surface area contributed by atoms with E-state index in [1.54, 1.807) is 7.11 Å². The Morgan fingerprint density at radius 3 is 2.50 bits per heavy atom. The van der Waals surface area contributed by atoms with Crippen LogP contribution in [0.5, 0.6) is 0 Å². The van der Waals surface area contributed by atoms with E-state index >= 15 is 0 Å². The fourth-order valence-electron chi connectivity index (χ4n) is 2.92. The van der Waals surface area contributed by atoms with Crippen molar-refractivity contribution in [3.05, 3.63) is 11.7 Å². The number of rotatable bonds is 4. The molecule has 0 aromatic carbocycles. The van der Waals surface area contributed by atoms with Gasteiger partial charge in [0.1, 0.15) is 5.60 Å². The van der Waals surface area contributed by atoms with Crippen LogP contribution in [0.25, 0.3) is 0 Å². The first-order valence-corrected chi connectivity index (χ1v) is 6.85. The quantitative estimate of drug-likeness (QED) is 0.884. The number of nitrogens with zero attached hydrogens (tertiary/aromatic N) is 2. The van der Waals surface area contributed by atoms with E-state index in [-0.39, 0.29) is 11.0 Å². The predicted octanol–water partition coefficient (Wildman–Crippen LogP) is 1.87. The van der Waals surface area contributed by atoms with Gasteiger partial charge in [0, 0.05) is 13.7 Å². The van der Waals surface area contributed by atoms with Gasteiger partial charge in [0.15, 0.2) is 0 Å². The van der Waals surface area contributed by atoms with Crippen molar-refractivity contribution in [2.45, 2.75) is 56.0 Å². The molecular weight excluding hydrogens is 230 g/mol. The summed E-state index contributed by atoms with van der Waals surface area (Å²) in [5.74, 6) is 1.43. The zero-order valence-corrected chi connectivity index (χ0v) is 10.9. The molecule has 2 fully saturated rings. The Bertz CT molecular complexity index is 420. The summed E-state index contributed by atoms with van der Waals surface area (Å²) in [5.41, 5.74) is 5.43. The monoisotopic (exact) mass is 251 g/mol. The topological polar surface area (TPSA) is 74.2 Å². The lowest BCUT2D eigenvalue weighted by atomic mass is 9.84. The van der Waals surface area contributed by atoms with Crippen LogP contribution >= 0.6 is 0 Å². The van der Waals surface area contributed by atoms with Crippen LogP contribution in [0, 0.1) is 0 Å². The summed E-state index contributed by atoms with van der Waals surface area (Å²) < 4.78 is 11.2. The van der Waals surface area contributed by atoms with E-state index in [0.717, 1.165) is 31.5 Å². The molecule has 100 valence electrons. The summed E-state index contributed by atoms with van der Waals surface area (Å²) in [5, 5.41) is 4.17. The van der Waals surface area contributed by atoms with Gasteiger partial charge in [-0.2, -0.15) is 4.98 Å². The number of nitrogens with two attached hydrogens (primary N) is 1. The van der Waals surface area contributed by atoms with E-state index in [4.69, 9.17) is 15.0 Å². The molecule has 0 unspecified atom stereocenters. The first-order valence-electron chi connectivity index (χ1n) is 6.85. The number of methoxy groups -OCH3 is 1. The highest BCUT2D eigenvalue weighted by Gasteiger charge is 2.49. The van der Waals surface area contributed by atoms with Gasteiger partial charge in [-0.3, -0.25) is 0 Å². The second-order valence-corrected chi connectivity index (χ2v) is 5.67. The standard InChI is InChI=1S/C13H21N3O2/c1-17-13(5-3-2-4-6-13)10-15-11(18-16-10)12(9-14)7-8-12/h2-9,14H2,1H3. The van der Waals surface area contributed by atoms with Crippen LogP contribution in [0.2, 0.25) is 0 Å². The van der Waals surface area contributed by atoms with Gasteiger partial charge >= 0.3 is 0 Å². The summed E-state index contributed by atoms with van der Waals surface area (Å²) in [4.78, 5) is 4.60. The maximum atomic E-state index is 5.79. The molecule has 2 aliphatic carbocycles. The van der Waals surface area contributed by atoms with Crippen LogP contribution in [-0.4, -0.2) is 23.8 Å². The van der Waals surface area contributed by atoms with Gasteiger partial charge in [-0.05, 0) is 25.7 Å². The lowest BCUT2D eigenvalue weighted by Gasteiger charge is -2.32. The van der Waals surface area contributed by atoms with Crippen molar-refractivity contribution in [1.82, 2.24) is 10.1 Å². The van der Waals surface area contributed by atoms with Crippen LogP contribution < -0.4 is 5.73 Å². The number of hydrogen-bond donors (Lipinski definition) is 1. The zero-order chi connectivity index (χ0) is 12.6. The minimum atomic E-state index is -0.329. The highest BCUT2D eigenvalue weighted by molar-refractivity contribution is 5.17. The molecule has 0 amide bonds. The van der Waals surface area contributed by atoms with Gasteiger partial charge in [-0.25, -0.2) is 0 Å². The van der Waals surface area contributed by atoms with E-state index in [9.17, 15) is 0 Å². The molecule has 5 nitrogen and oxygen atoms in total. The molecular formula is C13H21N3O2. The SMILES string of the molecule is COC1(c2noc(C3(CN)CC3)n2)CCCCC1. The fourth-order valence-corrected chi connectivity index (χ4v) is 2.92. The summed E-state index contributed by atoms with van der Waals surface area (Å²) in [7, 11) is 1.75. The summed E-state index contributed by atoms with van der Waals surface area (Å²) in [6, 6.07) is 0. The third-order valence-corrected chi connectivity index (χ3v) is 4.58.